The summed E-state index contributed by atoms with van der Waals surface area (Å²) in [5, 5.41) is 0. The third-order valence-electron chi connectivity index (χ3n) is 2.79. The molecule has 72 valence electrons. The maximum absolute atomic E-state index is 5.50. The van der Waals surface area contributed by atoms with Crippen LogP contribution in [0.5, 0.6) is 0 Å². The smallest absolute Gasteiger partial charge is 0.146 e. The lowest BCUT2D eigenvalue weighted by Gasteiger charge is -2.27. The van der Waals surface area contributed by atoms with Crippen molar-refractivity contribution in [1.29, 1.82) is 0 Å². The number of hydrogen-bond donors (Lipinski definition) is 0. The van der Waals surface area contributed by atoms with Gasteiger partial charge in [-0.3, -0.25) is 0 Å². The van der Waals surface area contributed by atoms with Crippen LogP contribution in [0.15, 0.2) is 0 Å². The van der Waals surface area contributed by atoms with Gasteiger partial charge in [0, 0.05) is 7.11 Å². The first-order valence-electron chi connectivity index (χ1n) is 4.97. The lowest BCUT2D eigenvalue weighted by Crippen LogP contribution is -2.22. The third-order valence-corrected chi connectivity index (χ3v) is 2.79. The van der Waals surface area contributed by atoms with Crippen LogP contribution >= 0.6 is 0 Å². The fourth-order valence-electron chi connectivity index (χ4n) is 1.87. The van der Waals surface area contributed by atoms with Crippen LogP contribution in [0.25, 0.3) is 0 Å². The average Bonchev–Trinajstić information content (AvgIpc) is 2.15. The standard InChI is InChI=1S/C10H20O2/c1-3-9-4-6-10(7-5-9)12-8-11-2/h9-10H,3-8H2,1-2H3. The summed E-state index contributed by atoms with van der Waals surface area (Å²) in [5.41, 5.74) is 0. The van der Waals surface area contributed by atoms with E-state index in [9.17, 15) is 0 Å². The van der Waals surface area contributed by atoms with Gasteiger partial charge < -0.3 is 9.47 Å². The van der Waals surface area contributed by atoms with Crippen molar-refractivity contribution in [1.82, 2.24) is 0 Å². The molecule has 1 fully saturated rings. The van der Waals surface area contributed by atoms with Crippen LogP contribution in [0, 0.1) is 5.92 Å². The first kappa shape index (κ1) is 10.0. The molecule has 1 aliphatic rings. The highest BCUT2D eigenvalue weighted by molar-refractivity contribution is 4.71. The van der Waals surface area contributed by atoms with E-state index in [1.165, 1.54) is 32.1 Å². The summed E-state index contributed by atoms with van der Waals surface area (Å²) >= 11 is 0. The van der Waals surface area contributed by atoms with Gasteiger partial charge in [-0.2, -0.15) is 0 Å². The van der Waals surface area contributed by atoms with E-state index < -0.39 is 0 Å². The first-order valence-corrected chi connectivity index (χ1v) is 4.97. The molecule has 0 aromatic rings. The van der Waals surface area contributed by atoms with Crippen LogP contribution in [-0.2, 0) is 9.47 Å². The second-order valence-electron chi connectivity index (χ2n) is 3.62. The maximum atomic E-state index is 5.50. The fourth-order valence-corrected chi connectivity index (χ4v) is 1.87. The Kier molecular flexibility index (Phi) is 4.62. The van der Waals surface area contributed by atoms with Crippen LogP contribution < -0.4 is 0 Å². The predicted molar refractivity (Wildman–Crippen MR) is 49.0 cm³/mol. The molecule has 0 unspecified atom stereocenters. The third kappa shape index (κ3) is 3.11. The van der Waals surface area contributed by atoms with Crippen LogP contribution in [0.4, 0.5) is 0 Å². The van der Waals surface area contributed by atoms with Crippen LogP contribution in [0.3, 0.4) is 0 Å². The van der Waals surface area contributed by atoms with E-state index in [-0.39, 0.29) is 0 Å². The minimum Gasteiger partial charge on any atom is -0.359 e. The lowest BCUT2D eigenvalue weighted by molar-refractivity contribution is -0.0858. The second kappa shape index (κ2) is 5.55. The molecule has 0 aromatic heterocycles. The molecular formula is C10H20O2. The van der Waals surface area contributed by atoms with E-state index in [4.69, 9.17) is 9.47 Å². The Morgan fingerprint density at radius 3 is 2.33 bits per heavy atom. The van der Waals surface area contributed by atoms with Crippen LogP contribution in [0.2, 0.25) is 0 Å². The zero-order valence-corrected chi connectivity index (χ0v) is 8.21. The van der Waals surface area contributed by atoms with Crippen molar-refractivity contribution < 1.29 is 9.47 Å². The normalized spacial score (nSPS) is 30.5. The van der Waals surface area contributed by atoms with Crippen molar-refractivity contribution in [3.05, 3.63) is 0 Å². The van der Waals surface area contributed by atoms with Crippen molar-refractivity contribution in [2.24, 2.45) is 5.92 Å². The SMILES string of the molecule is CCC1CCC(OCOC)CC1. The molecule has 0 aromatic carbocycles. The molecular weight excluding hydrogens is 152 g/mol. The second-order valence-corrected chi connectivity index (χ2v) is 3.62. The summed E-state index contributed by atoms with van der Waals surface area (Å²) in [6.07, 6.45) is 6.92. The van der Waals surface area contributed by atoms with E-state index in [1.54, 1.807) is 7.11 Å². The zero-order valence-electron chi connectivity index (χ0n) is 8.21. The van der Waals surface area contributed by atoms with Crippen molar-refractivity contribution in [2.45, 2.75) is 45.1 Å². The van der Waals surface area contributed by atoms with Gasteiger partial charge in [0.2, 0.25) is 0 Å². The predicted octanol–water partition coefficient (Wildman–Crippen LogP) is 2.58. The van der Waals surface area contributed by atoms with Gasteiger partial charge in [-0.25, -0.2) is 0 Å². The largest absolute Gasteiger partial charge is 0.359 e. The highest BCUT2D eigenvalue weighted by Crippen LogP contribution is 2.27. The molecule has 1 aliphatic carbocycles. The summed E-state index contributed by atoms with van der Waals surface area (Å²) in [5.74, 6) is 0.951. The molecule has 1 saturated carbocycles. The Labute approximate surface area is 75.2 Å². The monoisotopic (exact) mass is 172 g/mol. The summed E-state index contributed by atoms with van der Waals surface area (Å²) in [7, 11) is 1.68. The quantitative estimate of drug-likeness (QED) is 0.607. The zero-order chi connectivity index (χ0) is 8.81. The molecule has 0 atom stereocenters. The highest BCUT2D eigenvalue weighted by atomic mass is 16.7. The molecule has 0 N–H and O–H groups in total. The topological polar surface area (TPSA) is 18.5 Å². The summed E-state index contributed by atoms with van der Waals surface area (Å²) in [6.45, 7) is 2.74. The number of rotatable bonds is 4. The number of methoxy groups -OCH3 is 1. The van der Waals surface area contributed by atoms with Gasteiger partial charge in [-0.05, 0) is 31.6 Å². The lowest BCUT2D eigenvalue weighted by atomic mass is 9.86. The molecule has 0 radical (unpaired) electrons. The van der Waals surface area contributed by atoms with Crippen LogP contribution in [0.1, 0.15) is 39.0 Å². The molecule has 0 heterocycles. The van der Waals surface area contributed by atoms with E-state index in [2.05, 4.69) is 6.92 Å². The van der Waals surface area contributed by atoms with Gasteiger partial charge >= 0.3 is 0 Å². The Hall–Kier alpha value is -0.0800. The molecule has 1 rings (SSSR count). The van der Waals surface area contributed by atoms with Gasteiger partial charge in [-0.1, -0.05) is 13.3 Å². The van der Waals surface area contributed by atoms with E-state index in [0.29, 0.717) is 12.9 Å². The first-order chi connectivity index (χ1) is 5.86. The molecule has 0 amide bonds. The molecule has 2 nitrogen and oxygen atoms in total. The number of ether oxygens (including phenoxy) is 2. The average molecular weight is 172 g/mol. The van der Waals surface area contributed by atoms with Gasteiger partial charge in [0.25, 0.3) is 0 Å². The summed E-state index contributed by atoms with van der Waals surface area (Å²) in [4.78, 5) is 0. The van der Waals surface area contributed by atoms with Crippen molar-refractivity contribution >= 4 is 0 Å². The molecule has 0 aliphatic heterocycles. The van der Waals surface area contributed by atoms with Gasteiger partial charge in [0.1, 0.15) is 6.79 Å². The number of hydrogen-bond acceptors (Lipinski definition) is 2. The van der Waals surface area contributed by atoms with Crippen molar-refractivity contribution in [3.8, 4) is 0 Å². The summed E-state index contributed by atoms with van der Waals surface area (Å²) in [6, 6.07) is 0. The molecule has 0 bridgehead atoms. The maximum Gasteiger partial charge on any atom is 0.146 e. The van der Waals surface area contributed by atoms with Gasteiger partial charge in [-0.15, -0.1) is 0 Å². The molecule has 0 spiro atoms. The summed E-state index contributed by atoms with van der Waals surface area (Å²) < 4.78 is 10.4. The van der Waals surface area contributed by atoms with Crippen molar-refractivity contribution in [2.75, 3.05) is 13.9 Å². The fraction of sp³-hybridized carbons (Fsp3) is 1.00. The molecule has 0 saturated heterocycles. The molecule has 12 heavy (non-hydrogen) atoms. The van der Waals surface area contributed by atoms with E-state index >= 15 is 0 Å². The van der Waals surface area contributed by atoms with Crippen LogP contribution in [-0.4, -0.2) is 20.0 Å². The Balaban J connectivity index is 2.09. The van der Waals surface area contributed by atoms with E-state index in [0.717, 1.165) is 5.92 Å². The molecule has 2 heteroatoms. The van der Waals surface area contributed by atoms with Crippen molar-refractivity contribution in [3.63, 3.8) is 0 Å². The minimum atomic E-state index is 0.460. The van der Waals surface area contributed by atoms with E-state index in [1.807, 2.05) is 0 Å². The highest BCUT2D eigenvalue weighted by Gasteiger charge is 2.19. The Bertz CT molecular complexity index is 106. The Morgan fingerprint density at radius 2 is 1.83 bits per heavy atom. The Morgan fingerprint density at radius 1 is 1.17 bits per heavy atom. The minimum absolute atomic E-state index is 0.460. The van der Waals surface area contributed by atoms with Gasteiger partial charge in [0.15, 0.2) is 0 Å². The van der Waals surface area contributed by atoms with Gasteiger partial charge in [0.05, 0.1) is 6.10 Å².